The number of pyridine rings is 1. The molecule has 3 rings (SSSR count). The number of aromatic nitrogens is 1. The molecule has 2 aromatic rings. The quantitative estimate of drug-likeness (QED) is 0.588. The van der Waals surface area contributed by atoms with Crippen LogP contribution in [0, 0.1) is 18.3 Å². The van der Waals surface area contributed by atoms with Gasteiger partial charge in [-0.2, -0.15) is 5.26 Å². The number of morpholine rings is 1. The van der Waals surface area contributed by atoms with Crippen molar-refractivity contribution in [2.75, 3.05) is 52.5 Å². The number of aryl methyl sites for hydroxylation is 1. The first-order chi connectivity index (χ1) is 14.6. The fourth-order valence-corrected chi connectivity index (χ4v) is 3.83. The zero-order chi connectivity index (χ0) is 21.3. The molecule has 0 aliphatic carbocycles. The van der Waals surface area contributed by atoms with Crippen molar-refractivity contribution in [3.05, 3.63) is 41.1 Å². The number of rotatable bonds is 9. The first-order valence-corrected chi connectivity index (χ1v) is 10.6. The van der Waals surface area contributed by atoms with Crippen LogP contribution in [-0.4, -0.2) is 73.3 Å². The van der Waals surface area contributed by atoms with Gasteiger partial charge in [-0.05, 0) is 25.5 Å². The smallest absolute Gasteiger partial charge is 0.340 e. The van der Waals surface area contributed by atoms with E-state index < -0.39 is 0 Å². The van der Waals surface area contributed by atoms with Gasteiger partial charge in [0.1, 0.15) is 0 Å². The van der Waals surface area contributed by atoms with Crippen LogP contribution in [0.1, 0.15) is 35.0 Å². The summed E-state index contributed by atoms with van der Waals surface area (Å²) in [5.74, 6) is -0.336. The molecule has 7 heteroatoms. The molecule has 7 nitrogen and oxygen atoms in total. The highest BCUT2D eigenvalue weighted by molar-refractivity contribution is 5.98. The molecule has 2 heterocycles. The van der Waals surface area contributed by atoms with Gasteiger partial charge in [-0.25, -0.2) is 4.79 Å². The summed E-state index contributed by atoms with van der Waals surface area (Å²) in [6.07, 6.45) is 0.435. The monoisotopic (exact) mass is 410 g/mol. The molecule has 30 heavy (non-hydrogen) atoms. The number of benzene rings is 1. The summed E-state index contributed by atoms with van der Waals surface area (Å²) >= 11 is 0. The van der Waals surface area contributed by atoms with Crippen molar-refractivity contribution in [3.8, 4) is 6.07 Å². The highest BCUT2D eigenvalue weighted by Crippen LogP contribution is 2.25. The second-order valence-electron chi connectivity index (χ2n) is 7.43. The summed E-state index contributed by atoms with van der Waals surface area (Å²) in [7, 11) is 0. The van der Waals surface area contributed by atoms with Crippen molar-refractivity contribution in [2.24, 2.45) is 0 Å². The van der Waals surface area contributed by atoms with Crippen molar-refractivity contribution in [2.45, 2.75) is 26.8 Å². The van der Waals surface area contributed by atoms with E-state index in [0.717, 1.165) is 55.9 Å². The second-order valence-corrected chi connectivity index (χ2v) is 7.43. The van der Waals surface area contributed by atoms with E-state index in [-0.39, 0.29) is 5.97 Å². The molecule has 0 atom stereocenters. The molecule has 0 N–H and O–H groups in total. The number of nitrogens with zero attached hydrogens (tertiary/aromatic N) is 4. The molecular weight excluding hydrogens is 380 g/mol. The van der Waals surface area contributed by atoms with E-state index in [4.69, 9.17) is 19.7 Å². The predicted octanol–water partition coefficient (Wildman–Crippen LogP) is 2.77. The Labute approximate surface area is 178 Å². The largest absolute Gasteiger partial charge is 0.462 e. The van der Waals surface area contributed by atoms with Crippen LogP contribution in [0.15, 0.2) is 24.3 Å². The van der Waals surface area contributed by atoms with E-state index in [1.807, 2.05) is 38.1 Å². The average Bonchev–Trinajstić information content (AvgIpc) is 2.76. The first kappa shape index (κ1) is 22.2. The summed E-state index contributed by atoms with van der Waals surface area (Å²) in [6, 6.07) is 10.1. The van der Waals surface area contributed by atoms with Crippen LogP contribution < -0.4 is 0 Å². The molecule has 0 amide bonds. The molecular formula is C23H30N4O3. The zero-order valence-electron chi connectivity index (χ0n) is 17.9. The van der Waals surface area contributed by atoms with Gasteiger partial charge in [0.05, 0.1) is 42.7 Å². The van der Waals surface area contributed by atoms with Gasteiger partial charge in [-0.1, -0.05) is 18.2 Å². The fourth-order valence-electron chi connectivity index (χ4n) is 3.83. The minimum atomic E-state index is -0.336. The third-order valence-corrected chi connectivity index (χ3v) is 5.46. The molecule has 0 saturated carbocycles. The van der Waals surface area contributed by atoms with E-state index in [1.54, 1.807) is 0 Å². The Morgan fingerprint density at radius 2 is 2.07 bits per heavy atom. The average molecular weight is 411 g/mol. The number of para-hydroxylation sites is 1. The number of fused-ring (bicyclic) bond motifs is 1. The molecule has 1 aliphatic rings. The van der Waals surface area contributed by atoms with Gasteiger partial charge < -0.3 is 9.47 Å². The van der Waals surface area contributed by atoms with Gasteiger partial charge in [0, 0.05) is 51.1 Å². The second kappa shape index (κ2) is 11.0. The maximum Gasteiger partial charge on any atom is 0.340 e. The van der Waals surface area contributed by atoms with Crippen LogP contribution in [0.5, 0.6) is 0 Å². The molecule has 0 spiro atoms. The minimum absolute atomic E-state index is 0.319. The third kappa shape index (κ3) is 5.54. The fraction of sp³-hybridized carbons (Fsp3) is 0.522. The molecule has 1 aliphatic heterocycles. The van der Waals surface area contributed by atoms with Crippen LogP contribution in [-0.2, 0) is 16.0 Å². The van der Waals surface area contributed by atoms with Crippen molar-refractivity contribution in [1.82, 2.24) is 14.8 Å². The molecule has 0 radical (unpaired) electrons. The van der Waals surface area contributed by atoms with Crippen molar-refractivity contribution >= 4 is 16.9 Å². The number of carbonyl (C=O) groups excluding carboxylic acids is 1. The standard InChI is InChI=1S/C23H30N4O3/c1-3-30-23(28)22-18(2)19-7-4-5-8-20(19)25-21(22)17-27(10-6-9-24)12-11-26-13-15-29-16-14-26/h4-5,7-8H,3,6,10-17H2,1-2H3. The first-order valence-electron chi connectivity index (χ1n) is 10.6. The molecule has 1 aromatic carbocycles. The van der Waals surface area contributed by atoms with E-state index >= 15 is 0 Å². The summed E-state index contributed by atoms with van der Waals surface area (Å²) < 4.78 is 10.8. The van der Waals surface area contributed by atoms with Crippen LogP contribution in [0.3, 0.4) is 0 Å². The van der Waals surface area contributed by atoms with Gasteiger partial charge in [0.25, 0.3) is 0 Å². The van der Waals surface area contributed by atoms with E-state index in [2.05, 4.69) is 15.9 Å². The van der Waals surface area contributed by atoms with E-state index in [0.29, 0.717) is 37.4 Å². The summed E-state index contributed by atoms with van der Waals surface area (Å²) in [4.78, 5) is 22.2. The topological polar surface area (TPSA) is 78.7 Å². The zero-order valence-corrected chi connectivity index (χ0v) is 17.9. The molecule has 0 unspecified atom stereocenters. The molecule has 1 aromatic heterocycles. The number of esters is 1. The van der Waals surface area contributed by atoms with E-state index in [1.165, 1.54) is 0 Å². The Morgan fingerprint density at radius 1 is 1.30 bits per heavy atom. The van der Waals surface area contributed by atoms with E-state index in [9.17, 15) is 4.79 Å². The Balaban J connectivity index is 1.87. The predicted molar refractivity (Wildman–Crippen MR) is 115 cm³/mol. The van der Waals surface area contributed by atoms with Gasteiger partial charge >= 0.3 is 5.97 Å². The molecule has 160 valence electrons. The highest BCUT2D eigenvalue weighted by atomic mass is 16.5. The van der Waals surface area contributed by atoms with Crippen LogP contribution in [0.4, 0.5) is 0 Å². The minimum Gasteiger partial charge on any atom is -0.462 e. The molecule has 0 bridgehead atoms. The number of carbonyl (C=O) groups is 1. The molecule has 1 saturated heterocycles. The lowest BCUT2D eigenvalue weighted by atomic mass is 10.0. The number of nitriles is 1. The third-order valence-electron chi connectivity index (χ3n) is 5.46. The van der Waals surface area contributed by atoms with Crippen molar-refractivity contribution in [3.63, 3.8) is 0 Å². The van der Waals surface area contributed by atoms with Crippen LogP contribution in [0.25, 0.3) is 10.9 Å². The van der Waals surface area contributed by atoms with Gasteiger partial charge in [-0.3, -0.25) is 14.8 Å². The number of ether oxygens (including phenoxy) is 2. The Hall–Kier alpha value is -2.53. The Morgan fingerprint density at radius 3 is 2.80 bits per heavy atom. The summed E-state index contributed by atoms with van der Waals surface area (Å²) in [6.45, 7) is 10.3. The number of hydrogen-bond donors (Lipinski definition) is 0. The Bertz CT molecular complexity index is 903. The Kier molecular flexibility index (Phi) is 8.14. The van der Waals surface area contributed by atoms with Gasteiger partial charge in [0.2, 0.25) is 0 Å². The van der Waals surface area contributed by atoms with Crippen LogP contribution in [0.2, 0.25) is 0 Å². The SMILES string of the molecule is CCOC(=O)c1c(CN(CCC#N)CCN2CCOCC2)nc2ccccc2c1C. The maximum absolute atomic E-state index is 12.8. The lowest BCUT2D eigenvalue weighted by molar-refractivity contribution is 0.0329. The highest BCUT2D eigenvalue weighted by Gasteiger charge is 2.22. The molecule has 1 fully saturated rings. The van der Waals surface area contributed by atoms with Crippen molar-refractivity contribution in [1.29, 1.82) is 5.26 Å². The lowest BCUT2D eigenvalue weighted by Crippen LogP contribution is -2.41. The normalized spacial score (nSPS) is 14.7. The summed E-state index contributed by atoms with van der Waals surface area (Å²) in [5.41, 5.74) is 3.02. The number of hydrogen-bond acceptors (Lipinski definition) is 7. The lowest BCUT2D eigenvalue weighted by Gasteiger charge is -2.30. The summed E-state index contributed by atoms with van der Waals surface area (Å²) in [5, 5.41) is 10.1. The van der Waals surface area contributed by atoms with Crippen molar-refractivity contribution < 1.29 is 14.3 Å². The van der Waals surface area contributed by atoms with Gasteiger partial charge in [-0.15, -0.1) is 0 Å². The maximum atomic E-state index is 12.8. The van der Waals surface area contributed by atoms with Gasteiger partial charge in [0.15, 0.2) is 0 Å². The van der Waals surface area contributed by atoms with Crippen LogP contribution >= 0.6 is 0 Å².